The molecule has 0 aliphatic rings. The van der Waals surface area contributed by atoms with Gasteiger partial charge < -0.3 is 15.4 Å². The van der Waals surface area contributed by atoms with Gasteiger partial charge in [-0.1, -0.05) is 80.9 Å². The molecule has 0 saturated heterocycles. The Morgan fingerprint density at radius 3 is 2.12 bits per heavy atom. The van der Waals surface area contributed by atoms with Crippen molar-refractivity contribution in [2.24, 2.45) is 5.92 Å². The highest BCUT2D eigenvalue weighted by atomic mass is 16.6. The lowest BCUT2D eigenvalue weighted by atomic mass is 9.96. The number of ketones is 1. The first kappa shape index (κ1) is 26.5. The monoisotopic (exact) mass is 469 g/mol. The van der Waals surface area contributed by atoms with E-state index in [9.17, 15) is 24.5 Å². The van der Waals surface area contributed by atoms with Gasteiger partial charge in [-0.05, 0) is 29.9 Å². The van der Waals surface area contributed by atoms with E-state index in [4.69, 9.17) is 4.74 Å². The van der Waals surface area contributed by atoms with Gasteiger partial charge in [0.1, 0.15) is 12.6 Å². The summed E-state index contributed by atoms with van der Waals surface area (Å²) in [4.78, 5) is 48.1. The number of hydrogen-bond donors (Lipinski definition) is 2. The average molecular weight is 470 g/mol. The highest BCUT2D eigenvalue weighted by Crippen LogP contribution is 2.12. The largest absolute Gasteiger partial charge is 0.445 e. The number of Topliss-reactive ketones (excluding diaryl/α,β-unsaturated/α-hetero) is 1. The van der Waals surface area contributed by atoms with Crippen LogP contribution >= 0.6 is 0 Å². The lowest BCUT2D eigenvalue weighted by Gasteiger charge is -2.25. The van der Waals surface area contributed by atoms with Crippen LogP contribution < -0.4 is 10.6 Å². The molecule has 9 nitrogen and oxygen atoms in total. The van der Waals surface area contributed by atoms with E-state index in [0.29, 0.717) is 12.8 Å². The zero-order valence-electron chi connectivity index (χ0n) is 19.4. The number of benzene rings is 2. The second-order valence-electron chi connectivity index (χ2n) is 8.11. The maximum atomic E-state index is 13.1. The fourth-order valence-electron chi connectivity index (χ4n) is 3.36. The third-order valence-electron chi connectivity index (χ3n) is 5.54. The summed E-state index contributed by atoms with van der Waals surface area (Å²) in [5.74, 6) is -1.53. The number of carbonyl (C=O) groups is 3. The number of amides is 2. The molecule has 0 bridgehead atoms. The molecule has 0 heterocycles. The summed E-state index contributed by atoms with van der Waals surface area (Å²) in [7, 11) is 0. The summed E-state index contributed by atoms with van der Waals surface area (Å²) in [6, 6.07) is 16.4. The second kappa shape index (κ2) is 13.7. The van der Waals surface area contributed by atoms with Crippen LogP contribution in [0.1, 0.15) is 37.8 Å². The molecule has 2 aromatic rings. The van der Waals surface area contributed by atoms with Crippen molar-refractivity contribution in [2.75, 3.05) is 6.54 Å². The lowest BCUT2D eigenvalue weighted by Crippen LogP contribution is -2.54. The fourth-order valence-corrected chi connectivity index (χ4v) is 3.36. The molecule has 0 aliphatic carbocycles. The zero-order valence-corrected chi connectivity index (χ0v) is 19.4. The highest BCUT2D eigenvalue weighted by Gasteiger charge is 2.31. The van der Waals surface area contributed by atoms with Crippen LogP contribution in [0.5, 0.6) is 0 Å². The number of nitro groups is 1. The van der Waals surface area contributed by atoms with Crippen LogP contribution in [0.4, 0.5) is 4.79 Å². The number of rotatable bonds is 13. The summed E-state index contributed by atoms with van der Waals surface area (Å²) < 4.78 is 5.23. The Labute approximate surface area is 199 Å². The molecule has 0 aromatic heterocycles. The quantitative estimate of drug-likeness (QED) is 0.342. The first-order valence-corrected chi connectivity index (χ1v) is 11.3. The standard InChI is InChI=1S/C25H31N3O6/c1-3-18(2)23(27-25(31)34-17-20-12-8-5-9-13-20)24(30)26-21(22(29)16-28(32)33)15-14-19-10-6-4-7-11-19/h4-13,18,21,23H,3,14-17H2,1-2H3,(H,26,30)(H,27,31)/t18?,21-,23?/m0/s1. The summed E-state index contributed by atoms with van der Waals surface area (Å²) in [6.07, 6.45) is 0.472. The van der Waals surface area contributed by atoms with Crippen LogP contribution in [0.25, 0.3) is 0 Å². The SMILES string of the molecule is CCC(C)C(NC(=O)OCc1ccccc1)C(=O)N[C@@H](CCc1ccccc1)C(=O)C[N+](=O)[O-]. The van der Waals surface area contributed by atoms with Crippen molar-refractivity contribution in [3.8, 4) is 0 Å². The molecule has 34 heavy (non-hydrogen) atoms. The number of alkyl carbamates (subject to hydrolysis) is 1. The minimum atomic E-state index is -1.05. The van der Waals surface area contributed by atoms with E-state index in [1.807, 2.05) is 67.6 Å². The lowest BCUT2D eigenvalue weighted by molar-refractivity contribution is -0.467. The first-order valence-electron chi connectivity index (χ1n) is 11.3. The average Bonchev–Trinajstić information content (AvgIpc) is 2.84. The molecule has 3 atom stereocenters. The summed E-state index contributed by atoms with van der Waals surface area (Å²) in [5, 5.41) is 16.1. The molecule has 0 spiro atoms. The Hall–Kier alpha value is -3.75. The van der Waals surface area contributed by atoms with Crippen molar-refractivity contribution in [1.29, 1.82) is 0 Å². The van der Waals surface area contributed by atoms with E-state index in [2.05, 4.69) is 10.6 Å². The van der Waals surface area contributed by atoms with Gasteiger partial charge in [-0.3, -0.25) is 19.7 Å². The van der Waals surface area contributed by atoms with Crippen LogP contribution in [-0.4, -0.2) is 41.3 Å². The zero-order chi connectivity index (χ0) is 24.9. The van der Waals surface area contributed by atoms with Gasteiger partial charge in [0.2, 0.25) is 11.7 Å². The fraction of sp³-hybridized carbons (Fsp3) is 0.400. The third-order valence-corrected chi connectivity index (χ3v) is 5.54. The Kier molecular flexibility index (Phi) is 10.7. The van der Waals surface area contributed by atoms with Crippen LogP contribution in [0, 0.1) is 16.0 Å². The molecular weight excluding hydrogens is 438 g/mol. The number of ether oxygens (including phenoxy) is 1. The molecule has 9 heteroatoms. The van der Waals surface area contributed by atoms with E-state index in [-0.39, 0.29) is 18.9 Å². The van der Waals surface area contributed by atoms with Gasteiger partial charge >= 0.3 is 6.09 Å². The minimum absolute atomic E-state index is 0.0442. The molecule has 0 fully saturated rings. The smallest absolute Gasteiger partial charge is 0.408 e. The van der Waals surface area contributed by atoms with Gasteiger partial charge in [-0.15, -0.1) is 0 Å². The molecule has 2 unspecified atom stereocenters. The Morgan fingerprint density at radius 1 is 0.971 bits per heavy atom. The molecule has 2 amide bonds. The maximum Gasteiger partial charge on any atom is 0.408 e. The van der Waals surface area contributed by atoms with Crippen molar-refractivity contribution in [3.05, 3.63) is 81.9 Å². The summed E-state index contributed by atoms with van der Waals surface area (Å²) in [6.45, 7) is 2.81. The Morgan fingerprint density at radius 2 is 1.56 bits per heavy atom. The van der Waals surface area contributed by atoms with Crippen molar-refractivity contribution in [1.82, 2.24) is 10.6 Å². The molecule has 182 valence electrons. The van der Waals surface area contributed by atoms with Gasteiger partial charge in [0.15, 0.2) is 0 Å². The first-order chi connectivity index (χ1) is 16.3. The van der Waals surface area contributed by atoms with Crippen molar-refractivity contribution in [3.63, 3.8) is 0 Å². The van der Waals surface area contributed by atoms with Crippen molar-refractivity contribution >= 4 is 17.8 Å². The molecule has 0 aliphatic heterocycles. The van der Waals surface area contributed by atoms with Gasteiger partial charge in [-0.2, -0.15) is 0 Å². The number of nitrogens with one attached hydrogen (secondary N) is 2. The maximum absolute atomic E-state index is 13.1. The number of nitrogens with zero attached hydrogens (tertiary/aromatic N) is 1. The predicted molar refractivity (Wildman–Crippen MR) is 127 cm³/mol. The van der Waals surface area contributed by atoms with Crippen molar-refractivity contribution < 1.29 is 24.0 Å². The van der Waals surface area contributed by atoms with Gasteiger partial charge in [0.05, 0.1) is 6.04 Å². The van der Waals surface area contributed by atoms with E-state index in [1.165, 1.54) is 0 Å². The summed E-state index contributed by atoms with van der Waals surface area (Å²) in [5.41, 5.74) is 1.74. The van der Waals surface area contributed by atoms with Gasteiger partial charge in [-0.25, -0.2) is 4.79 Å². The number of aryl methyl sites for hydroxylation is 1. The summed E-state index contributed by atoms with van der Waals surface area (Å²) >= 11 is 0. The van der Waals surface area contributed by atoms with Crippen molar-refractivity contribution in [2.45, 2.75) is 51.8 Å². The normalized spacial score (nSPS) is 13.2. The number of carbonyl (C=O) groups excluding carboxylic acids is 3. The van der Waals surface area contributed by atoms with Gasteiger partial charge in [0, 0.05) is 4.92 Å². The van der Waals surface area contributed by atoms with Crippen LogP contribution in [-0.2, 0) is 27.4 Å². The topological polar surface area (TPSA) is 128 Å². The van der Waals surface area contributed by atoms with E-state index >= 15 is 0 Å². The third kappa shape index (κ3) is 9.01. The van der Waals surface area contributed by atoms with Crippen LogP contribution in [0.15, 0.2) is 60.7 Å². The Balaban J connectivity index is 2.05. The molecule has 2 aromatic carbocycles. The predicted octanol–water partition coefficient (Wildman–Crippen LogP) is 3.29. The molecular formula is C25H31N3O6. The molecule has 0 saturated carbocycles. The van der Waals surface area contributed by atoms with Crippen LogP contribution in [0.2, 0.25) is 0 Å². The molecule has 2 N–H and O–H groups in total. The van der Waals surface area contributed by atoms with Gasteiger partial charge in [0.25, 0.3) is 6.54 Å². The van der Waals surface area contributed by atoms with Crippen LogP contribution in [0.3, 0.4) is 0 Å². The Bertz CT molecular complexity index is 952. The van der Waals surface area contributed by atoms with E-state index < -0.39 is 41.3 Å². The molecule has 0 radical (unpaired) electrons. The second-order valence-corrected chi connectivity index (χ2v) is 8.11. The number of hydrogen-bond acceptors (Lipinski definition) is 6. The van der Waals surface area contributed by atoms with E-state index in [1.54, 1.807) is 6.92 Å². The highest BCUT2D eigenvalue weighted by molar-refractivity contribution is 5.92. The van der Waals surface area contributed by atoms with E-state index in [0.717, 1.165) is 11.1 Å². The molecule has 2 rings (SSSR count). The minimum Gasteiger partial charge on any atom is -0.445 e.